The number of hydrogen-bond acceptors (Lipinski definition) is 4. The maximum atomic E-state index is 5.26. The lowest BCUT2D eigenvalue weighted by molar-refractivity contribution is 0.139. The Morgan fingerprint density at radius 1 is 1.23 bits per heavy atom. The highest BCUT2D eigenvalue weighted by Crippen LogP contribution is 2.04. The molecule has 0 aromatic carbocycles. The van der Waals surface area contributed by atoms with Gasteiger partial charge in [-0.3, -0.25) is 0 Å². The first kappa shape index (κ1) is 10.4. The van der Waals surface area contributed by atoms with E-state index in [1.54, 1.807) is 27.5 Å². The smallest absolute Gasteiger partial charge is 0.373 e. The zero-order valence-electron chi connectivity index (χ0n) is 8.25. The number of rotatable bonds is 4. The number of hydrogen-bond donors (Lipinski definition) is 1. The van der Waals surface area contributed by atoms with Gasteiger partial charge in [0, 0.05) is 21.3 Å². The normalized spacial score (nSPS) is 12.0. The highest BCUT2D eigenvalue weighted by molar-refractivity contribution is 6.74. The third-order valence-corrected chi connectivity index (χ3v) is 4.37. The molecule has 0 aliphatic rings. The summed E-state index contributed by atoms with van der Waals surface area (Å²) in [5.74, 6) is 0.818. The fourth-order valence-corrected chi connectivity index (χ4v) is 2.87. The Labute approximate surface area is 78.4 Å². The van der Waals surface area contributed by atoms with Crippen molar-refractivity contribution in [2.75, 3.05) is 21.3 Å². The summed E-state index contributed by atoms with van der Waals surface area (Å²) < 4.78 is 15.8. The monoisotopic (exact) mass is 202 g/mol. The summed E-state index contributed by atoms with van der Waals surface area (Å²) in [6, 6.07) is 0. The molecule has 1 rings (SSSR count). The first-order valence-corrected chi connectivity index (χ1v) is 5.58. The number of nitrogens with one attached hydrogen (secondary N) is 1. The molecule has 0 amide bonds. The van der Waals surface area contributed by atoms with Crippen molar-refractivity contribution >= 4 is 14.1 Å². The van der Waals surface area contributed by atoms with Gasteiger partial charge < -0.3 is 18.3 Å². The van der Waals surface area contributed by atoms with Crippen molar-refractivity contribution in [2.24, 2.45) is 0 Å². The van der Waals surface area contributed by atoms with Crippen molar-refractivity contribution in [3.63, 3.8) is 0 Å². The predicted molar refractivity (Wildman–Crippen MR) is 49.7 cm³/mol. The molecule has 0 unspecified atom stereocenters. The minimum absolute atomic E-state index is 0.775. The molecule has 0 saturated carbocycles. The Kier molecular flexibility index (Phi) is 3.20. The van der Waals surface area contributed by atoms with E-state index in [-0.39, 0.29) is 0 Å². The molecular weight excluding hydrogens is 188 g/mol. The molecule has 0 fully saturated rings. The quantitative estimate of drug-likeness (QED) is 0.687. The predicted octanol–water partition coefficient (Wildman–Crippen LogP) is -0.197. The summed E-state index contributed by atoms with van der Waals surface area (Å²) in [6.07, 6.45) is 1.68. The number of aromatic amines is 1. The number of nitrogens with zero attached hydrogens (tertiary/aromatic N) is 1. The van der Waals surface area contributed by atoms with E-state index in [4.69, 9.17) is 13.3 Å². The van der Waals surface area contributed by atoms with Crippen molar-refractivity contribution in [3.05, 3.63) is 12.0 Å². The van der Waals surface area contributed by atoms with Crippen LogP contribution >= 0.6 is 0 Å². The second kappa shape index (κ2) is 4.01. The Morgan fingerprint density at radius 3 is 2.08 bits per heavy atom. The van der Waals surface area contributed by atoms with Crippen molar-refractivity contribution in [1.29, 1.82) is 0 Å². The standard InChI is InChI=1S/C7H14N2O3Si/c1-6-8-5-7(9-6)13(10-2,11-3)12-4/h5H,1-4H3,(H,8,9). The lowest BCUT2D eigenvalue weighted by Gasteiger charge is -2.22. The summed E-state index contributed by atoms with van der Waals surface area (Å²) >= 11 is 0. The zero-order valence-corrected chi connectivity index (χ0v) is 9.25. The van der Waals surface area contributed by atoms with Crippen LogP contribution in [0.15, 0.2) is 6.20 Å². The third-order valence-electron chi connectivity index (χ3n) is 1.84. The van der Waals surface area contributed by atoms with Gasteiger partial charge in [-0.05, 0) is 6.92 Å². The molecule has 13 heavy (non-hydrogen) atoms. The highest BCUT2D eigenvalue weighted by Gasteiger charge is 2.42. The molecule has 0 spiro atoms. The van der Waals surface area contributed by atoms with E-state index in [2.05, 4.69) is 9.97 Å². The summed E-state index contributed by atoms with van der Waals surface area (Å²) in [7, 11) is 2.00. The molecule has 6 heteroatoms. The van der Waals surface area contributed by atoms with Crippen molar-refractivity contribution in [2.45, 2.75) is 6.92 Å². The Hall–Kier alpha value is -0.693. The van der Waals surface area contributed by atoms with Gasteiger partial charge in [-0.1, -0.05) is 0 Å². The maximum Gasteiger partial charge on any atom is 0.555 e. The summed E-state index contributed by atoms with van der Waals surface area (Å²) in [5, 5.41) is 0.775. The van der Waals surface area contributed by atoms with Crippen LogP contribution in [0.25, 0.3) is 0 Å². The van der Waals surface area contributed by atoms with E-state index in [1.807, 2.05) is 6.92 Å². The zero-order chi connectivity index (χ0) is 9.90. The van der Waals surface area contributed by atoms with Crippen LogP contribution in [0, 0.1) is 6.92 Å². The molecule has 74 valence electrons. The van der Waals surface area contributed by atoms with Crippen LogP contribution < -0.4 is 5.32 Å². The SMILES string of the molecule is CO[Si](OC)(OC)c1cnc(C)[nH]1. The molecule has 1 aromatic heterocycles. The fraction of sp³-hybridized carbons (Fsp3) is 0.571. The average molecular weight is 202 g/mol. The molecular formula is C7H14N2O3Si. The van der Waals surface area contributed by atoms with Crippen LogP contribution in [0.2, 0.25) is 0 Å². The Bertz CT molecular complexity index is 264. The summed E-state index contributed by atoms with van der Waals surface area (Å²) in [5.41, 5.74) is 0. The molecule has 0 atom stereocenters. The van der Waals surface area contributed by atoms with Gasteiger partial charge in [0.25, 0.3) is 0 Å². The van der Waals surface area contributed by atoms with Crippen LogP contribution in [0.4, 0.5) is 0 Å². The second-order valence-electron chi connectivity index (χ2n) is 2.55. The van der Waals surface area contributed by atoms with E-state index < -0.39 is 8.80 Å². The highest BCUT2D eigenvalue weighted by atomic mass is 28.4. The van der Waals surface area contributed by atoms with Gasteiger partial charge in [0.2, 0.25) is 0 Å². The van der Waals surface area contributed by atoms with Crippen LogP contribution in [0.5, 0.6) is 0 Å². The van der Waals surface area contributed by atoms with Crippen LogP contribution in [-0.4, -0.2) is 40.1 Å². The number of imidazole rings is 1. The minimum atomic E-state index is -2.69. The fourth-order valence-electron chi connectivity index (χ4n) is 1.16. The van der Waals surface area contributed by atoms with Crippen molar-refractivity contribution in [3.8, 4) is 0 Å². The molecule has 5 nitrogen and oxygen atoms in total. The summed E-state index contributed by atoms with van der Waals surface area (Å²) in [4.78, 5) is 7.11. The third kappa shape index (κ3) is 1.80. The molecule has 0 aliphatic carbocycles. The van der Waals surface area contributed by atoms with Crippen LogP contribution in [0.3, 0.4) is 0 Å². The molecule has 0 bridgehead atoms. The lowest BCUT2D eigenvalue weighted by atomic mass is 10.8. The van der Waals surface area contributed by atoms with E-state index in [0.29, 0.717) is 0 Å². The first-order valence-electron chi connectivity index (χ1n) is 3.86. The topological polar surface area (TPSA) is 56.4 Å². The van der Waals surface area contributed by atoms with Gasteiger partial charge in [-0.25, -0.2) is 4.98 Å². The van der Waals surface area contributed by atoms with Gasteiger partial charge in [0.1, 0.15) is 11.1 Å². The Morgan fingerprint density at radius 2 is 1.77 bits per heavy atom. The van der Waals surface area contributed by atoms with Crippen molar-refractivity contribution < 1.29 is 13.3 Å². The van der Waals surface area contributed by atoms with E-state index in [9.17, 15) is 0 Å². The maximum absolute atomic E-state index is 5.26. The molecule has 0 radical (unpaired) electrons. The van der Waals surface area contributed by atoms with E-state index in [0.717, 1.165) is 11.1 Å². The summed E-state index contributed by atoms with van der Waals surface area (Å²) in [6.45, 7) is 1.86. The molecule has 1 aromatic rings. The van der Waals surface area contributed by atoms with Crippen molar-refractivity contribution in [1.82, 2.24) is 9.97 Å². The van der Waals surface area contributed by atoms with Gasteiger partial charge >= 0.3 is 8.80 Å². The molecule has 0 aliphatic heterocycles. The average Bonchev–Trinajstić information content (AvgIpc) is 2.57. The largest absolute Gasteiger partial charge is 0.555 e. The Balaban J connectivity index is 3.00. The lowest BCUT2D eigenvalue weighted by Crippen LogP contribution is -2.55. The second-order valence-corrected chi connectivity index (χ2v) is 5.43. The first-order chi connectivity index (χ1) is 6.18. The van der Waals surface area contributed by atoms with Gasteiger partial charge in [-0.2, -0.15) is 0 Å². The number of aromatic nitrogens is 2. The molecule has 1 N–H and O–H groups in total. The van der Waals surface area contributed by atoms with Crippen LogP contribution in [-0.2, 0) is 13.3 Å². The molecule has 1 heterocycles. The number of H-pyrrole nitrogens is 1. The van der Waals surface area contributed by atoms with Gasteiger partial charge in [0.05, 0.1) is 6.20 Å². The number of aryl methyl sites for hydroxylation is 1. The van der Waals surface area contributed by atoms with E-state index in [1.165, 1.54) is 0 Å². The minimum Gasteiger partial charge on any atom is -0.373 e. The van der Waals surface area contributed by atoms with Gasteiger partial charge in [0.15, 0.2) is 0 Å². The molecule has 0 saturated heterocycles. The van der Waals surface area contributed by atoms with Gasteiger partial charge in [-0.15, -0.1) is 0 Å². The van der Waals surface area contributed by atoms with E-state index >= 15 is 0 Å². The van der Waals surface area contributed by atoms with Crippen LogP contribution in [0.1, 0.15) is 5.82 Å².